The number of hydrogen-bond donors (Lipinski definition) is 1. The summed E-state index contributed by atoms with van der Waals surface area (Å²) < 4.78 is 30.6. The maximum Gasteiger partial charge on any atom is 0.306 e. The Morgan fingerprint density at radius 1 is 0.376 bits per heavy atom. The Balaban J connectivity index is 4.95. The van der Waals surface area contributed by atoms with Gasteiger partial charge in [-0.2, -0.15) is 0 Å². The number of nitrogens with zero attached hydrogens (tertiary/aromatic N) is 1. The SMILES string of the molecule is CCCCC/C=C\C/C=C\C/C=C\C/C=C\CCCCCCCCCCCCCC(=O)NC(COP(=O)([O-])OCC[N+](C)(C)C)C(/C=C/CCCCCCCCCCCCC)OC(=O)CCCCCCCCCCCCCCCCCCC/C=C/CCCCCCCC. The summed E-state index contributed by atoms with van der Waals surface area (Å²) in [6.07, 6.45) is 96.2. The predicted molar refractivity (Wildman–Crippen MR) is 404 cm³/mol. The number of rotatable bonds is 74. The van der Waals surface area contributed by atoms with Gasteiger partial charge in [-0.05, 0) is 102 Å². The van der Waals surface area contributed by atoms with Gasteiger partial charge in [0.1, 0.15) is 19.3 Å². The highest BCUT2D eigenvalue weighted by atomic mass is 31.2. The minimum atomic E-state index is -4.71. The van der Waals surface area contributed by atoms with Gasteiger partial charge in [-0.25, -0.2) is 0 Å². The fraction of sp³-hybridized carbons (Fsp3) is 0.831. The van der Waals surface area contributed by atoms with E-state index in [2.05, 4.69) is 86.8 Å². The molecule has 0 radical (unpaired) electrons. The van der Waals surface area contributed by atoms with Gasteiger partial charge in [0.25, 0.3) is 7.82 Å². The first kappa shape index (κ1) is 90.5. The van der Waals surface area contributed by atoms with Gasteiger partial charge in [-0.3, -0.25) is 14.2 Å². The first-order valence-corrected chi connectivity index (χ1v) is 41.7. The normalized spacial score (nSPS) is 13.8. The van der Waals surface area contributed by atoms with E-state index < -0.39 is 20.0 Å². The molecule has 1 amide bonds. The highest BCUT2D eigenvalue weighted by molar-refractivity contribution is 7.45. The molecule has 0 heterocycles. The molecule has 0 aliphatic heterocycles. The molecule has 3 unspecified atom stereocenters. The van der Waals surface area contributed by atoms with Gasteiger partial charge in [-0.1, -0.05) is 351 Å². The molecule has 0 bridgehead atoms. The second-order valence-corrected chi connectivity index (χ2v) is 30.0. The lowest BCUT2D eigenvalue weighted by Crippen LogP contribution is -2.47. The summed E-state index contributed by atoms with van der Waals surface area (Å²) in [5, 5.41) is 3.06. The van der Waals surface area contributed by atoms with Crippen molar-refractivity contribution in [2.75, 3.05) is 40.9 Å². The van der Waals surface area contributed by atoms with Crippen LogP contribution in [0, 0.1) is 0 Å². The molecule has 1 N–H and O–H groups in total. The van der Waals surface area contributed by atoms with E-state index in [0.717, 1.165) is 83.5 Å². The van der Waals surface area contributed by atoms with E-state index in [9.17, 15) is 19.0 Å². The van der Waals surface area contributed by atoms with Gasteiger partial charge in [-0.15, -0.1) is 0 Å². The molecule has 544 valence electrons. The number of phosphoric ester groups is 1. The Morgan fingerprint density at radius 3 is 1.01 bits per heavy atom. The van der Waals surface area contributed by atoms with Crippen LogP contribution in [0.1, 0.15) is 393 Å². The molecule has 0 spiro atoms. The summed E-state index contributed by atoms with van der Waals surface area (Å²) in [4.78, 5) is 40.4. The molecule has 0 saturated heterocycles. The number of phosphoric acid groups is 1. The molecule has 3 atom stereocenters. The summed E-state index contributed by atoms with van der Waals surface area (Å²) in [5.41, 5.74) is 0. The van der Waals surface area contributed by atoms with Gasteiger partial charge < -0.3 is 28.5 Å². The number of amides is 1. The number of esters is 1. The molecular formula is C83H155N2O7P. The van der Waals surface area contributed by atoms with E-state index in [1.54, 1.807) is 0 Å². The summed E-state index contributed by atoms with van der Waals surface area (Å²) in [7, 11) is 1.19. The van der Waals surface area contributed by atoms with E-state index in [-0.39, 0.29) is 31.5 Å². The smallest absolute Gasteiger partial charge is 0.306 e. The van der Waals surface area contributed by atoms with E-state index in [0.29, 0.717) is 17.4 Å². The number of carbonyl (C=O) groups excluding carboxylic acids is 2. The van der Waals surface area contributed by atoms with Crippen LogP contribution in [0.2, 0.25) is 0 Å². The Morgan fingerprint density at radius 2 is 0.656 bits per heavy atom. The molecule has 0 saturated carbocycles. The van der Waals surface area contributed by atoms with Crippen LogP contribution in [0.4, 0.5) is 0 Å². The Hall–Kier alpha value is -2.55. The quantitative estimate of drug-likeness (QED) is 0.0212. The van der Waals surface area contributed by atoms with Crippen molar-refractivity contribution in [3.8, 4) is 0 Å². The van der Waals surface area contributed by atoms with Crippen molar-refractivity contribution < 1.29 is 37.3 Å². The lowest BCUT2D eigenvalue weighted by atomic mass is 10.0. The molecule has 93 heavy (non-hydrogen) atoms. The minimum Gasteiger partial charge on any atom is -0.756 e. The van der Waals surface area contributed by atoms with Crippen LogP contribution in [0.5, 0.6) is 0 Å². The summed E-state index contributed by atoms with van der Waals surface area (Å²) in [6, 6.07) is -0.893. The third-order valence-corrected chi connectivity index (χ3v) is 19.1. The van der Waals surface area contributed by atoms with Gasteiger partial charge in [0, 0.05) is 12.8 Å². The van der Waals surface area contributed by atoms with E-state index in [4.69, 9.17) is 13.8 Å². The number of ether oxygens (including phenoxy) is 1. The van der Waals surface area contributed by atoms with Crippen molar-refractivity contribution in [2.24, 2.45) is 0 Å². The highest BCUT2D eigenvalue weighted by Crippen LogP contribution is 2.38. The van der Waals surface area contributed by atoms with Crippen molar-refractivity contribution in [1.29, 1.82) is 0 Å². The first-order valence-electron chi connectivity index (χ1n) is 40.2. The third kappa shape index (κ3) is 73.5. The van der Waals surface area contributed by atoms with E-state index >= 15 is 0 Å². The number of quaternary nitrogens is 1. The van der Waals surface area contributed by atoms with Crippen molar-refractivity contribution in [2.45, 2.75) is 405 Å². The molecule has 0 aromatic carbocycles. The number of carbonyl (C=O) groups is 2. The van der Waals surface area contributed by atoms with Crippen LogP contribution in [-0.2, 0) is 27.9 Å². The first-order chi connectivity index (χ1) is 45.4. The van der Waals surface area contributed by atoms with E-state index in [1.807, 2.05) is 33.3 Å². The fourth-order valence-corrected chi connectivity index (χ4v) is 12.6. The van der Waals surface area contributed by atoms with Crippen LogP contribution in [-0.4, -0.2) is 69.4 Å². The zero-order valence-corrected chi connectivity index (χ0v) is 63.4. The fourth-order valence-electron chi connectivity index (χ4n) is 11.9. The van der Waals surface area contributed by atoms with Crippen molar-refractivity contribution in [3.05, 3.63) is 72.9 Å². The topological polar surface area (TPSA) is 114 Å². The van der Waals surface area contributed by atoms with Gasteiger partial charge in [0.15, 0.2) is 0 Å². The monoisotopic (exact) mass is 1320 g/mol. The van der Waals surface area contributed by atoms with Crippen LogP contribution in [0.25, 0.3) is 0 Å². The van der Waals surface area contributed by atoms with Crippen molar-refractivity contribution in [1.82, 2.24) is 5.32 Å². The second-order valence-electron chi connectivity index (χ2n) is 28.6. The Labute approximate surface area is 578 Å². The summed E-state index contributed by atoms with van der Waals surface area (Å²) in [5.74, 6) is -0.527. The Bertz CT molecular complexity index is 1820. The van der Waals surface area contributed by atoms with Crippen LogP contribution >= 0.6 is 7.82 Å². The standard InChI is InChI=1S/C83H155N2O7P/c1-7-10-13-16-19-22-25-28-30-32-34-36-38-40-42-44-46-48-50-52-54-57-60-63-66-69-72-75-82(86)84-80(79-91-93(88,89)90-78-77-85(4,5)6)81(74-71-68-65-62-59-56-27-24-21-18-15-12-9-3)92-83(87)76-73-70-67-64-61-58-55-53-51-49-47-45-43-41-39-37-35-33-31-29-26-23-20-17-14-11-8-2/h19,22,28-31,34,36,40,42,71,74,80-81H,7-18,20-21,23-27,32-33,35,37-39,41,43-70,72-73,75-79H2,1-6H3,(H-,84,86,88,89)/b22-19-,30-28-,31-29+,36-34-,42-40-,74-71+. The van der Waals surface area contributed by atoms with E-state index in [1.165, 1.54) is 276 Å². The third-order valence-electron chi connectivity index (χ3n) is 18.1. The molecule has 0 aliphatic rings. The molecule has 0 rings (SSSR count). The number of nitrogens with one attached hydrogen (secondary N) is 1. The maximum absolute atomic E-state index is 13.7. The molecule has 9 nitrogen and oxygen atoms in total. The van der Waals surface area contributed by atoms with Crippen molar-refractivity contribution >= 4 is 19.7 Å². The molecule has 0 aromatic heterocycles. The predicted octanol–water partition coefficient (Wildman–Crippen LogP) is 25.6. The van der Waals surface area contributed by atoms with Gasteiger partial charge >= 0.3 is 5.97 Å². The highest BCUT2D eigenvalue weighted by Gasteiger charge is 2.27. The van der Waals surface area contributed by atoms with Crippen LogP contribution in [0.15, 0.2) is 72.9 Å². The van der Waals surface area contributed by atoms with Gasteiger partial charge in [0.05, 0.1) is 33.8 Å². The molecule has 0 aliphatic carbocycles. The van der Waals surface area contributed by atoms with Gasteiger partial charge in [0.2, 0.25) is 5.91 Å². The number of allylic oxidation sites excluding steroid dienone is 11. The molecule has 0 aromatic rings. The average molecular weight is 1320 g/mol. The Kier molecular flexibility index (Phi) is 70.2. The van der Waals surface area contributed by atoms with Crippen LogP contribution < -0.4 is 10.2 Å². The average Bonchev–Trinajstić information content (AvgIpc) is 2.31. The lowest BCUT2D eigenvalue weighted by molar-refractivity contribution is -0.870. The minimum absolute atomic E-state index is 0.0229. The number of likely N-dealkylation sites (N-methyl/N-ethyl adjacent to an activating group) is 1. The second kappa shape index (κ2) is 72.2. The maximum atomic E-state index is 13.7. The lowest BCUT2D eigenvalue weighted by Gasteiger charge is -2.30. The number of hydrogen-bond acceptors (Lipinski definition) is 7. The van der Waals surface area contributed by atoms with Crippen LogP contribution in [0.3, 0.4) is 0 Å². The molecule has 0 fully saturated rings. The molecule has 10 heteroatoms. The van der Waals surface area contributed by atoms with Crippen molar-refractivity contribution in [3.63, 3.8) is 0 Å². The summed E-state index contributed by atoms with van der Waals surface area (Å²) in [6.45, 7) is 6.87. The largest absolute Gasteiger partial charge is 0.756 e. The molecular weight excluding hydrogens is 1170 g/mol. The summed E-state index contributed by atoms with van der Waals surface area (Å²) >= 11 is 0. The number of unbranched alkanes of at least 4 members (excludes halogenated alkanes) is 48. The zero-order chi connectivity index (χ0) is 67.8. The zero-order valence-electron chi connectivity index (χ0n) is 62.5.